The van der Waals surface area contributed by atoms with E-state index in [1.54, 1.807) is 19.5 Å². The normalized spacial score (nSPS) is 15.9. The topological polar surface area (TPSA) is 47.5 Å². The maximum Gasteiger partial charge on any atom is 0.240 e. The fourth-order valence-electron chi connectivity index (χ4n) is 2.51. The lowest BCUT2D eigenvalue weighted by molar-refractivity contribution is 0.0342. The third-order valence-corrected chi connectivity index (χ3v) is 3.57. The average Bonchev–Trinajstić information content (AvgIpc) is 2.56. The lowest BCUT2D eigenvalue weighted by Crippen LogP contribution is -2.35. The van der Waals surface area contributed by atoms with Crippen LogP contribution in [0.4, 0.5) is 0 Å². The van der Waals surface area contributed by atoms with E-state index in [4.69, 9.17) is 9.47 Å². The summed E-state index contributed by atoms with van der Waals surface area (Å²) in [6.07, 6.45) is 3.33. The standard InChI is InChI=1S/C16H19N3O2/c1-20-16-15(17-5-6-18-16)14-4-2-3-13(11-14)12-19-7-9-21-10-8-19/h2-6,11H,7-10,12H2,1H3. The summed E-state index contributed by atoms with van der Waals surface area (Å²) in [5.41, 5.74) is 3.08. The molecular weight excluding hydrogens is 266 g/mol. The van der Waals surface area contributed by atoms with Gasteiger partial charge in [-0.25, -0.2) is 9.97 Å². The minimum Gasteiger partial charge on any atom is -0.479 e. The van der Waals surface area contributed by atoms with Gasteiger partial charge in [0.1, 0.15) is 5.69 Å². The molecule has 1 aromatic carbocycles. The lowest BCUT2D eigenvalue weighted by atomic mass is 10.1. The predicted molar refractivity (Wildman–Crippen MR) is 80.1 cm³/mol. The van der Waals surface area contributed by atoms with Gasteiger partial charge in [0.2, 0.25) is 5.88 Å². The van der Waals surface area contributed by atoms with E-state index >= 15 is 0 Å². The molecule has 0 saturated carbocycles. The Morgan fingerprint density at radius 1 is 1.19 bits per heavy atom. The molecule has 0 amide bonds. The Bertz CT molecular complexity index is 598. The summed E-state index contributed by atoms with van der Waals surface area (Å²) in [6.45, 7) is 4.53. The molecule has 110 valence electrons. The van der Waals surface area contributed by atoms with Crippen molar-refractivity contribution in [2.45, 2.75) is 6.54 Å². The number of rotatable bonds is 4. The van der Waals surface area contributed by atoms with E-state index in [1.807, 2.05) is 6.07 Å². The molecule has 0 N–H and O–H groups in total. The van der Waals surface area contributed by atoms with E-state index in [1.165, 1.54) is 5.56 Å². The first-order valence-electron chi connectivity index (χ1n) is 7.11. The van der Waals surface area contributed by atoms with Crippen LogP contribution in [-0.2, 0) is 11.3 Å². The van der Waals surface area contributed by atoms with Crippen molar-refractivity contribution in [2.75, 3.05) is 33.4 Å². The second-order valence-electron chi connectivity index (χ2n) is 5.00. The highest BCUT2D eigenvalue weighted by Crippen LogP contribution is 2.26. The van der Waals surface area contributed by atoms with Gasteiger partial charge in [-0.05, 0) is 11.6 Å². The molecular formula is C16H19N3O2. The maximum atomic E-state index is 5.38. The molecule has 21 heavy (non-hydrogen) atoms. The van der Waals surface area contributed by atoms with Gasteiger partial charge in [-0.1, -0.05) is 18.2 Å². The Balaban J connectivity index is 1.82. The van der Waals surface area contributed by atoms with Crippen LogP contribution in [0.25, 0.3) is 11.3 Å². The van der Waals surface area contributed by atoms with Crippen LogP contribution in [0.2, 0.25) is 0 Å². The smallest absolute Gasteiger partial charge is 0.240 e. The van der Waals surface area contributed by atoms with Gasteiger partial charge in [0, 0.05) is 37.6 Å². The summed E-state index contributed by atoms with van der Waals surface area (Å²) >= 11 is 0. The maximum absolute atomic E-state index is 5.38. The third kappa shape index (κ3) is 3.37. The molecule has 2 heterocycles. The van der Waals surface area contributed by atoms with E-state index in [0.29, 0.717) is 5.88 Å². The van der Waals surface area contributed by atoms with Crippen LogP contribution in [0.15, 0.2) is 36.7 Å². The van der Waals surface area contributed by atoms with E-state index < -0.39 is 0 Å². The molecule has 0 spiro atoms. The first-order chi connectivity index (χ1) is 10.4. The fourth-order valence-corrected chi connectivity index (χ4v) is 2.51. The Morgan fingerprint density at radius 3 is 2.81 bits per heavy atom. The Labute approximate surface area is 124 Å². The van der Waals surface area contributed by atoms with Crippen molar-refractivity contribution in [3.05, 3.63) is 42.2 Å². The number of hydrogen-bond donors (Lipinski definition) is 0. The molecule has 1 saturated heterocycles. The zero-order valence-corrected chi connectivity index (χ0v) is 12.2. The van der Waals surface area contributed by atoms with Crippen LogP contribution < -0.4 is 4.74 Å². The third-order valence-electron chi connectivity index (χ3n) is 3.57. The van der Waals surface area contributed by atoms with Gasteiger partial charge in [-0.3, -0.25) is 4.90 Å². The number of methoxy groups -OCH3 is 1. The highest BCUT2D eigenvalue weighted by Gasteiger charge is 2.12. The summed E-state index contributed by atoms with van der Waals surface area (Å²) in [6, 6.07) is 8.39. The largest absolute Gasteiger partial charge is 0.479 e. The van der Waals surface area contributed by atoms with Gasteiger partial charge in [-0.2, -0.15) is 0 Å². The molecule has 0 bridgehead atoms. The van der Waals surface area contributed by atoms with Crippen LogP contribution in [0.1, 0.15) is 5.56 Å². The van der Waals surface area contributed by atoms with Crippen LogP contribution >= 0.6 is 0 Å². The van der Waals surface area contributed by atoms with E-state index in [0.717, 1.165) is 44.1 Å². The number of hydrogen-bond acceptors (Lipinski definition) is 5. The van der Waals surface area contributed by atoms with Crippen molar-refractivity contribution in [2.24, 2.45) is 0 Å². The van der Waals surface area contributed by atoms with Gasteiger partial charge < -0.3 is 9.47 Å². The summed E-state index contributed by atoms with van der Waals surface area (Å²) in [7, 11) is 1.62. The molecule has 1 fully saturated rings. The van der Waals surface area contributed by atoms with Crippen molar-refractivity contribution in [1.82, 2.24) is 14.9 Å². The number of aromatic nitrogens is 2. The number of morpholine rings is 1. The molecule has 3 rings (SSSR count). The van der Waals surface area contributed by atoms with Crippen molar-refractivity contribution in [3.63, 3.8) is 0 Å². The van der Waals surface area contributed by atoms with Crippen LogP contribution in [0.3, 0.4) is 0 Å². The van der Waals surface area contributed by atoms with Crippen molar-refractivity contribution in [1.29, 1.82) is 0 Å². The average molecular weight is 285 g/mol. The van der Waals surface area contributed by atoms with Crippen LogP contribution in [0, 0.1) is 0 Å². The molecule has 2 aromatic rings. The first kappa shape index (κ1) is 14.0. The second kappa shape index (κ2) is 6.65. The lowest BCUT2D eigenvalue weighted by Gasteiger charge is -2.26. The van der Waals surface area contributed by atoms with Gasteiger partial charge >= 0.3 is 0 Å². The molecule has 5 nitrogen and oxygen atoms in total. The molecule has 1 aromatic heterocycles. The summed E-state index contributed by atoms with van der Waals surface area (Å²) in [5, 5.41) is 0. The Morgan fingerprint density at radius 2 is 2.00 bits per heavy atom. The highest BCUT2D eigenvalue weighted by atomic mass is 16.5. The van der Waals surface area contributed by atoms with Crippen molar-refractivity contribution < 1.29 is 9.47 Å². The number of nitrogens with zero attached hydrogens (tertiary/aromatic N) is 3. The van der Waals surface area contributed by atoms with Crippen LogP contribution in [-0.4, -0.2) is 48.3 Å². The number of ether oxygens (including phenoxy) is 2. The number of benzene rings is 1. The van der Waals surface area contributed by atoms with Crippen LogP contribution in [0.5, 0.6) is 5.88 Å². The molecule has 0 atom stereocenters. The Hall–Kier alpha value is -1.98. The molecule has 1 aliphatic rings. The highest BCUT2D eigenvalue weighted by molar-refractivity contribution is 5.64. The first-order valence-corrected chi connectivity index (χ1v) is 7.11. The molecule has 0 unspecified atom stereocenters. The van der Waals surface area contributed by atoms with Gasteiger partial charge in [0.05, 0.1) is 20.3 Å². The van der Waals surface area contributed by atoms with E-state index in [2.05, 4.69) is 33.1 Å². The molecule has 0 radical (unpaired) electrons. The van der Waals surface area contributed by atoms with Gasteiger partial charge in [0.25, 0.3) is 0 Å². The SMILES string of the molecule is COc1nccnc1-c1cccc(CN2CCOCC2)c1. The summed E-state index contributed by atoms with van der Waals surface area (Å²) < 4.78 is 10.7. The zero-order chi connectivity index (χ0) is 14.5. The van der Waals surface area contributed by atoms with Crippen molar-refractivity contribution in [3.8, 4) is 17.1 Å². The summed E-state index contributed by atoms with van der Waals surface area (Å²) in [4.78, 5) is 11.0. The second-order valence-corrected chi connectivity index (χ2v) is 5.00. The summed E-state index contributed by atoms with van der Waals surface area (Å²) in [5.74, 6) is 0.557. The van der Waals surface area contributed by atoms with Gasteiger partial charge in [-0.15, -0.1) is 0 Å². The zero-order valence-electron chi connectivity index (χ0n) is 12.2. The monoisotopic (exact) mass is 285 g/mol. The molecule has 1 aliphatic heterocycles. The quantitative estimate of drug-likeness (QED) is 0.859. The fraction of sp³-hybridized carbons (Fsp3) is 0.375. The molecule has 5 heteroatoms. The molecule has 0 aliphatic carbocycles. The minimum atomic E-state index is 0.557. The predicted octanol–water partition coefficient (Wildman–Crippen LogP) is 1.98. The van der Waals surface area contributed by atoms with Crippen molar-refractivity contribution >= 4 is 0 Å². The van der Waals surface area contributed by atoms with E-state index in [9.17, 15) is 0 Å². The van der Waals surface area contributed by atoms with E-state index in [-0.39, 0.29) is 0 Å². The van der Waals surface area contributed by atoms with Gasteiger partial charge in [0.15, 0.2) is 0 Å². The minimum absolute atomic E-state index is 0.557. The Kier molecular flexibility index (Phi) is 4.43.